The van der Waals surface area contributed by atoms with E-state index in [2.05, 4.69) is 0 Å². The average molecular weight is 214 g/mol. The number of hydrogen-bond donors (Lipinski definition) is 0. The van der Waals surface area contributed by atoms with Crippen molar-refractivity contribution in [1.29, 1.82) is 0 Å². The topological polar surface area (TPSA) is 26.3 Å². The van der Waals surface area contributed by atoms with E-state index in [1.807, 2.05) is 0 Å². The molecule has 1 rings (SSSR count). The molecule has 0 aliphatic rings. The van der Waals surface area contributed by atoms with Crippen LogP contribution in [0.1, 0.15) is 18.1 Å². The fourth-order valence-corrected chi connectivity index (χ4v) is 1.25. The van der Waals surface area contributed by atoms with Gasteiger partial charge in [0.05, 0.1) is 13.0 Å². The molecule has 0 radical (unpaired) electrons. The largest absolute Gasteiger partial charge is 0.466 e. The van der Waals surface area contributed by atoms with Crippen molar-refractivity contribution in [3.8, 4) is 0 Å². The first-order valence-corrected chi connectivity index (χ1v) is 4.64. The highest BCUT2D eigenvalue weighted by molar-refractivity contribution is 5.73. The predicted molar refractivity (Wildman–Crippen MR) is 51.4 cm³/mol. The Kier molecular flexibility index (Phi) is 3.77. The van der Waals surface area contributed by atoms with Crippen LogP contribution in [0.4, 0.5) is 8.78 Å². The maximum absolute atomic E-state index is 13.1. The molecule has 0 amide bonds. The van der Waals surface area contributed by atoms with E-state index >= 15 is 0 Å². The molecule has 0 unspecified atom stereocenters. The molecule has 0 aliphatic heterocycles. The molecule has 0 spiro atoms. The summed E-state index contributed by atoms with van der Waals surface area (Å²) < 4.78 is 30.6. The van der Waals surface area contributed by atoms with Crippen LogP contribution in [0.15, 0.2) is 12.1 Å². The fourth-order valence-electron chi connectivity index (χ4n) is 1.25. The minimum absolute atomic E-state index is 0.103. The first kappa shape index (κ1) is 11.6. The Hall–Kier alpha value is -1.45. The van der Waals surface area contributed by atoms with Crippen molar-refractivity contribution >= 4 is 5.97 Å². The van der Waals surface area contributed by atoms with Gasteiger partial charge in [0.25, 0.3) is 0 Å². The molecule has 0 aliphatic carbocycles. The molecule has 0 atom stereocenters. The standard InChI is InChI=1S/C11H12F2O2/c1-3-15-11(14)5-8-4-9(12)6-10(13)7(8)2/h4,6H,3,5H2,1-2H3. The van der Waals surface area contributed by atoms with Crippen LogP contribution in [0.3, 0.4) is 0 Å². The van der Waals surface area contributed by atoms with Crippen LogP contribution in [-0.2, 0) is 16.0 Å². The minimum Gasteiger partial charge on any atom is -0.466 e. The van der Waals surface area contributed by atoms with Gasteiger partial charge in [-0.05, 0) is 31.0 Å². The summed E-state index contributed by atoms with van der Waals surface area (Å²) in [7, 11) is 0. The Bertz CT molecular complexity index is 375. The number of benzene rings is 1. The molecular weight excluding hydrogens is 202 g/mol. The minimum atomic E-state index is -0.683. The van der Waals surface area contributed by atoms with Crippen LogP contribution >= 0.6 is 0 Å². The van der Waals surface area contributed by atoms with Gasteiger partial charge in [-0.25, -0.2) is 8.78 Å². The fraction of sp³-hybridized carbons (Fsp3) is 0.364. The number of esters is 1. The molecule has 0 saturated heterocycles. The molecule has 0 N–H and O–H groups in total. The summed E-state index contributed by atoms with van der Waals surface area (Å²) in [6, 6.07) is 1.94. The second-order valence-corrected chi connectivity index (χ2v) is 3.15. The SMILES string of the molecule is CCOC(=O)Cc1cc(F)cc(F)c1C. The van der Waals surface area contributed by atoms with Gasteiger partial charge in [0.1, 0.15) is 11.6 Å². The van der Waals surface area contributed by atoms with Gasteiger partial charge in [0.15, 0.2) is 0 Å². The van der Waals surface area contributed by atoms with Crippen LogP contribution in [-0.4, -0.2) is 12.6 Å². The van der Waals surface area contributed by atoms with E-state index in [0.29, 0.717) is 5.56 Å². The highest BCUT2D eigenvalue weighted by Crippen LogP contribution is 2.15. The van der Waals surface area contributed by atoms with Crippen molar-refractivity contribution < 1.29 is 18.3 Å². The molecular formula is C11H12F2O2. The maximum atomic E-state index is 13.1. The van der Waals surface area contributed by atoms with E-state index in [1.165, 1.54) is 6.92 Å². The molecule has 4 heteroatoms. The molecule has 82 valence electrons. The Labute approximate surface area is 86.9 Å². The lowest BCUT2D eigenvalue weighted by molar-refractivity contribution is -0.142. The third kappa shape index (κ3) is 3.01. The van der Waals surface area contributed by atoms with Gasteiger partial charge in [0.2, 0.25) is 0 Å². The van der Waals surface area contributed by atoms with Crippen LogP contribution in [0.25, 0.3) is 0 Å². The highest BCUT2D eigenvalue weighted by Gasteiger charge is 2.11. The maximum Gasteiger partial charge on any atom is 0.310 e. The summed E-state index contributed by atoms with van der Waals surface area (Å²) in [6.45, 7) is 3.44. The van der Waals surface area contributed by atoms with Crippen molar-refractivity contribution in [2.24, 2.45) is 0 Å². The zero-order valence-electron chi connectivity index (χ0n) is 8.64. The van der Waals surface area contributed by atoms with Crippen molar-refractivity contribution in [3.63, 3.8) is 0 Å². The van der Waals surface area contributed by atoms with Crippen LogP contribution < -0.4 is 0 Å². The molecule has 0 heterocycles. The Balaban J connectivity index is 2.89. The summed E-state index contributed by atoms with van der Waals surface area (Å²) >= 11 is 0. The lowest BCUT2D eigenvalue weighted by atomic mass is 10.1. The summed E-state index contributed by atoms with van der Waals surface area (Å²) in [4.78, 5) is 11.1. The van der Waals surface area contributed by atoms with E-state index in [1.54, 1.807) is 6.92 Å². The molecule has 0 fully saturated rings. The summed E-state index contributed by atoms with van der Waals surface area (Å²) in [5, 5.41) is 0. The normalized spacial score (nSPS) is 10.1. The first-order chi connectivity index (χ1) is 7.04. The van der Waals surface area contributed by atoms with Crippen molar-refractivity contribution in [2.75, 3.05) is 6.61 Å². The number of rotatable bonds is 3. The van der Waals surface area contributed by atoms with Gasteiger partial charge in [-0.3, -0.25) is 4.79 Å². The van der Waals surface area contributed by atoms with E-state index in [-0.39, 0.29) is 18.6 Å². The number of carbonyl (C=O) groups excluding carboxylic acids is 1. The zero-order chi connectivity index (χ0) is 11.4. The average Bonchev–Trinajstić information content (AvgIpc) is 2.13. The third-order valence-electron chi connectivity index (χ3n) is 2.06. The second-order valence-electron chi connectivity index (χ2n) is 3.15. The van der Waals surface area contributed by atoms with E-state index < -0.39 is 17.6 Å². The highest BCUT2D eigenvalue weighted by atomic mass is 19.1. The van der Waals surface area contributed by atoms with Crippen molar-refractivity contribution in [1.82, 2.24) is 0 Å². The molecule has 1 aromatic carbocycles. The zero-order valence-corrected chi connectivity index (χ0v) is 8.64. The molecule has 2 nitrogen and oxygen atoms in total. The lowest BCUT2D eigenvalue weighted by Crippen LogP contribution is -2.09. The van der Waals surface area contributed by atoms with E-state index in [0.717, 1.165) is 12.1 Å². The van der Waals surface area contributed by atoms with Gasteiger partial charge in [-0.2, -0.15) is 0 Å². The molecule has 0 aromatic heterocycles. The van der Waals surface area contributed by atoms with E-state index in [9.17, 15) is 13.6 Å². The third-order valence-corrected chi connectivity index (χ3v) is 2.06. The van der Waals surface area contributed by atoms with Crippen molar-refractivity contribution in [3.05, 3.63) is 34.9 Å². The quantitative estimate of drug-likeness (QED) is 0.722. The summed E-state index contributed by atoms with van der Waals surface area (Å²) in [5.41, 5.74) is 0.607. The van der Waals surface area contributed by atoms with Crippen LogP contribution in [0, 0.1) is 18.6 Å². The van der Waals surface area contributed by atoms with E-state index in [4.69, 9.17) is 4.74 Å². The Morgan fingerprint density at radius 2 is 2.07 bits per heavy atom. The molecule has 0 saturated carbocycles. The van der Waals surface area contributed by atoms with Crippen LogP contribution in [0.2, 0.25) is 0 Å². The predicted octanol–water partition coefficient (Wildman–Crippen LogP) is 2.38. The number of halogens is 2. The van der Waals surface area contributed by atoms with Crippen LogP contribution in [0.5, 0.6) is 0 Å². The Morgan fingerprint density at radius 3 is 2.67 bits per heavy atom. The molecule has 0 bridgehead atoms. The van der Waals surface area contributed by atoms with Gasteiger partial charge >= 0.3 is 5.97 Å². The second kappa shape index (κ2) is 4.87. The van der Waals surface area contributed by atoms with Gasteiger partial charge in [-0.1, -0.05) is 0 Å². The summed E-state index contributed by atoms with van der Waals surface area (Å²) in [5.74, 6) is -1.81. The number of hydrogen-bond acceptors (Lipinski definition) is 2. The number of ether oxygens (including phenoxy) is 1. The summed E-state index contributed by atoms with van der Waals surface area (Å²) in [6.07, 6.45) is -0.103. The van der Waals surface area contributed by atoms with Gasteiger partial charge < -0.3 is 4.74 Å². The van der Waals surface area contributed by atoms with Crippen molar-refractivity contribution in [2.45, 2.75) is 20.3 Å². The Morgan fingerprint density at radius 1 is 1.40 bits per heavy atom. The lowest BCUT2D eigenvalue weighted by Gasteiger charge is -2.06. The molecule has 1 aromatic rings. The van der Waals surface area contributed by atoms with Gasteiger partial charge in [-0.15, -0.1) is 0 Å². The molecule has 15 heavy (non-hydrogen) atoms. The monoisotopic (exact) mass is 214 g/mol. The first-order valence-electron chi connectivity index (χ1n) is 4.64. The smallest absolute Gasteiger partial charge is 0.310 e. The number of carbonyl (C=O) groups is 1. The van der Waals surface area contributed by atoms with Gasteiger partial charge in [0, 0.05) is 6.07 Å².